The summed E-state index contributed by atoms with van der Waals surface area (Å²) in [5, 5.41) is 3.77. The van der Waals surface area contributed by atoms with Crippen LogP contribution in [0.15, 0.2) is 24.3 Å². The molecule has 2 rings (SSSR count). The fourth-order valence-corrected chi connectivity index (χ4v) is 2.08. The van der Waals surface area contributed by atoms with E-state index in [0.717, 1.165) is 18.4 Å². The number of carbonyl (C=O) groups excluding carboxylic acids is 1. The van der Waals surface area contributed by atoms with E-state index < -0.39 is 6.10 Å². The SMILES string of the molecule is CO[C@@H](C)C(=O)N[C@@H](c1ccc(Cl)cc1)C1CC1. The van der Waals surface area contributed by atoms with Gasteiger partial charge in [0.15, 0.2) is 0 Å². The highest BCUT2D eigenvalue weighted by Crippen LogP contribution is 2.41. The maximum Gasteiger partial charge on any atom is 0.249 e. The molecule has 1 aliphatic rings. The van der Waals surface area contributed by atoms with Crippen molar-refractivity contribution < 1.29 is 9.53 Å². The summed E-state index contributed by atoms with van der Waals surface area (Å²) in [4.78, 5) is 11.9. The van der Waals surface area contributed by atoms with Crippen LogP contribution in [0.5, 0.6) is 0 Å². The number of halogens is 1. The number of amides is 1. The van der Waals surface area contributed by atoms with Crippen LogP contribution in [0, 0.1) is 5.92 Å². The number of benzene rings is 1. The molecule has 0 aromatic heterocycles. The van der Waals surface area contributed by atoms with Crippen molar-refractivity contribution in [3.63, 3.8) is 0 Å². The molecule has 0 radical (unpaired) electrons. The summed E-state index contributed by atoms with van der Waals surface area (Å²) in [5.41, 5.74) is 1.11. The predicted octanol–water partition coefficient (Wildman–Crippen LogP) is 2.94. The van der Waals surface area contributed by atoms with Crippen molar-refractivity contribution in [3.05, 3.63) is 34.9 Å². The second kappa shape index (κ2) is 5.72. The molecule has 1 amide bonds. The monoisotopic (exact) mass is 267 g/mol. The highest BCUT2D eigenvalue weighted by Gasteiger charge is 2.34. The number of rotatable bonds is 5. The minimum absolute atomic E-state index is 0.0654. The van der Waals surface area contributed by atoms with Crippen molar-refractivity contribution in [1.82, 2.24) is 5.32 Å². The van der Waals surface area contributed by atoms with E-state index in [1.165, 1.54) is 0 Å². The van der Waals surface area contributed by atoms with E-state index in [9.17, 15) is 4.79 Å². The molecule has 0 heterocycles. The average Bonchev–Trinajstić information content (AvgIpc) is 3.20. The van der Waals surface area contributed by atoms with Crippen LogP contribution in [0.2, 0.25) is 5.02 Å². The molecule has 0 unspecified atom stereocenters. The van der Waals surface area contributed by atoms with E-state index in [1.54, 1.807) is 14.0 Å². The minimum atomic E-state index is -0.418. The Bertz CT molecular complexity index is 414. The molecule has 18 heavy (non-hydrogen) atoms. The van der Waals surface area contributed by atoms with E-state index in [0.29, 0.717) is 10.9 Å². The molecule has 98 valence electrons. The fourth-order valence-electron chi connectivity index (χ4n) is 1.95. The van der Waals surface area contributed by atoms with Crippen LogP contribution in [-0.2, 0) is 9.53 Å². The zero-order valence-electron chi connectivity index (χ0n) is 10.7. The molecular weight excluding hydrogens is 250 g/mol. The summed E-state index contributed by atoms with van der Waals surface area (Å²) in [5.74, 6) is 0.475. The summed E-state index contributed by atoms with van der Waals surface area (Å²) < 4.78 is 5.03. The van der Waals surface area contributed by atoms with Crippen LogP contribution in [-0.4, -0.2) is 19.1 Å². The minimum Gasteiger partial charge on any atom is -0.372 e. The van der Waals surface area contributed by atoms with Crippen LogP contribution >= 0.6 is 11.6 Å². The zero-order chi connectivity index (χ0) is 13.1. The summed E-state index contributed by atoms with van der Waals surface area (Å²) in [6.45, 7) is 1.75. The molecule has 1 saturated carbocycles. The van der Waals surface area contributed by atoms with E-state index in [4.69, 9.17) is 16.3 Å². The first kappa shape index (κ1) is 13.4. The van der Waals surface area contributed by atoms with E-state index in [-0.39, 0.29) is 11.9 Å². The predicted molar refractivity (Wildman–Crippen MR) is 71.5 cm³/mol. The molecule has 1 N–H and O–H groups in total. The lowest BCUT2D eigenvalue weighted by Crippen LogP contribution is -2.37. The van der Waals surface area contributed by atoms with Crippen LogP contribution in [0.1, 0.15) is 31.4 Å². The quantitative estimate of drug-likeness (QED) is 0.891. The molecule has 1 aromatic carbocycles. The van der Waals surface area contributed by atoms with Crippen LogP contribution in [0.25, 0.3) is 0 Å². The Kier molecular flexibility index (Phi) is 4.25. The van der Waals surface area contributed by atoms with Crippen molar-refractivity contribution in [2.24, 2.45) is 5.92 Å². The van der Waals surface area contributed by atoms with Gasteiger partial charge >= 0.3 is 0 Å². The van der Waals surface area contributed by atoms with Gasteiger partial charge in [-0.15, -0.1) is 0 Å². The highest BCUT2D eigenvalue weighted by molar-refractivity contribution is 6.30. The lowest BCUT2D eigenvalue weighted by molar-refractivity contribution is -0.131. The Balaban J connectivity index is 2.09. The van der Waals surface area contributed by atoms with E-state index >= 15 is 0 Å². The fraction of sp³-hybridized carbons (Fsp3) is 0.500. The third kappa shape index (κ3) is 3.24. The molecule has 3 nitrogen and oxygen atoms in total. The number of nitrogens with one attached hydrogen (secondary N) is 1. The van der Waals surface area contributed by atoms with Gasteiger partial charge in [-0.3, -0.25) is 4.79 Å². The molecule has 2 atom stereocenters. The van der Waals surface area contributed by atoms with Gasteiger partial charge in [-0.25, -0.2) is 0 Å². The third-order valence-corrected chi connectivity index (χ3v) is 3.60. The first-order chi connectivity index (χ1) is 8.61. The van der Waals surface area contributed by atoms with Crippen molar-refractivity contribution in [3.8, 4) is 0 Å². The Labute approximate surface area is 112 Å². The van der Waals surface area contributed by atoms with Gasteiger partial charge in [0, 0.05) is 12.1 Å². The topological polar surface area (TPSA) is 38.3 Å². The van der Waals surface area contributed by atoms with Gasteiger partial charge in [0.05, 0.1) is 6.04 Å². The molecule has 0 saturated heterocycles. The van der Waals surface area contributed by atoms with Crippen LogP contribution in [0.3, 0.4) is 0 Å². The van der Waals surface area contributed by atoms with Gasteiger partial charge in [-0.2, -0.15) is 0 Å². The summed E-state index contributed by atoms with van der Waals surface area (Å²) >= 11 is 5.88. The lowest BCUT2D eigenvalue weighted by atomic mass is 10.0. The summed E-state index contributed by atoms with van der Waals surface area (Å²) in [7, 11) is 1.54. The van der Waals surface area contributed by atoms with Gasteiger partial charge in [-0.1, -0.05) is 23.7 Å². The Hall–Kier alpha value is -1.06. The van der Waals surface area contributed by atoms with Crippen molar-refractivity contribution in [2.75, 3.05) is 7.11 Å². The second-order valence-corrected chi connectivity index (χ2v) is 5.19. The number of carbonyl (C=O) groups is 1. The van der Waals surface area contributed by atoms with Gasteiger partial charge < -0.3 is 10.1 Å². The van der Waals surface area contributed by atoms with E-state index in [2.05, 4.69) is 5.32 Å². The molecule has 0 bridgehead atoms. The highest BCUT2D eigenvalue weighted by atomic mass is 35.5. The number of methoxy groups -OCH3 is 1. The maximum absolute atomic E-state index is 11.9. The average molecular weight is 268 g/mol. The van der Waals surface area contributed by atoms with Crippen LogP contribution < -0.4 is 5.32 Å². The molecular formula is C14H18ClNO2. The molecule has 0 aliphatic heterocycles. The Morgan fingerprint density at radius 3 is 2.50 bits per heavy atom. The summed E-state index contributed by atoms with van der Waals surface area (Å²) in [6.07, 6.45) is 1.91. The Morgan fingerprint density at radius 2 is 2.00 bits per heavy atom. The van der Waals surface area contributed by atoms with Crippen molar-refractivity contribution in [1.29, 1.82) is 0 Å². The molecule has 1 aliphatic carbocycles. The number of ether oxygens (including phenoxy) is 1. The molecule has 1 fully saturated rings. The largest absolute Gasteiger partial charge is 0.372 e. The van der Waals surface area contributed by atoms with Gasteiger partial charge in [0.1, 0.15) is 6.10 Å². The first-order valence-corrected chi connectivity index (χ1v) is 6.58. The molecule has 4 heteroatoms. The first-order valence-electron chi connectivity index (χ1n) is 6.20. The lowest BCUT2D eigenvalue weighted by Gasteiger charge is -2.21. The van der Waals surface area contributed by atoms with Gasteiger partial charge in [0.25, 0.3) is 0 Å². The third-order valence-electron chi connectivity index (χ3n) is 3.34. The number of hydrogen-bond donors (Lipinski definition) is 1. The van der Waals surface area contributed by atoms with Crippen LogP contribution in [0.4, 0.5) is 0 Å². The Morgan fingerprint density at radius 1 is 1.39 bits per heavy atom. The molecule has 0 spiro atoms. The molecule has 1 aromatic rings. The maximum atomic E-state index is 11.9. The standard InChI is InChI=1S/C14H18ClNO2/c1-9(18-2)14(17)16-13(10-3-4-10)11-5-7-12(15)8-6-11/h5-10,13H,3-4H2,1-2H3,(H,16,17)/t9-,13+/m0/s1. The zero-order valence-corrected chi connectivity index (χ0v) is 11.4. The van der Waals surface area contributed by atoms with Crippen molar-refractivity contribution in [2.45, 2.75) is 31.9 Å². The normalized spacial score (nSPS) is 18.2. The van der Waals surface area contributed by atoms with Gasteiger partial charge in [-0.05, 0) is 43.4 Å². The van der Waals surface area contributed by atoms with Crippen molar-refractivity contribution >= 4 is 17.5 Å². The number of hydrogen-bond acceptors (Lipinski definition) is 2. The second-order valence-electron chi connectivity index (χ2n) is 4.75. The summed E-state index contributed by atoms with van der Waals surface area (Å²) in [6, 6.07) is 7.75. The smallest absolute Gasteiger partial charge is 0.249 e. The van der Waals surface area contributed by atoms with Gasteiger partial charge in [0.2, 0.25) is 5.91 Å². The van der Waals surface area contributed by atoms with E-state index in [1.807, 2.05) is 24.3 Å².